The van der Waals surface area contributed by atoms with E-state index in [9.17, 15) is 4.79 Å². The summed E-state index contributed by atoms with van der Waals surface area (Å²) in [7, 11) is 0. The Bertz CT molecular complexity index is 966. The molecule has 9 heteroatoms. The number of hydrogen-bond acceptors (Lipinski definition) is 7. The molecule has 1 saturated heterocycles. The van der Waals surface area contributed by atoms with Gasteiger partial charge in [-0.05, 0) is 24.3 Å². The highest BCUT2D eigenvalue weighted by molar-refractivity contribution is 5.88. The number of hydrogen-bond donors (Lipinski definition) is 4. The number of anilines is 1. The molecule has 1 fully saturated rings. The highest BCUT2D eigenvalue weighted by Gasteiger charge is 2.15. The molecule has 2 aromatic heterocycles. The first-order valence-corrected chi connectivity index (χ1v) is 9.29. The number of amides is 1. The lowest BCUT2D eigenvalue weighted by molar-refractivity contribution is 0.211. The third kappa shape index (κ3) is 4.05. The van der Waals surface area contributed by atoms with E-state index in [-0.39, 0.29) is 0 Å². The van der Waals surface area contributed by atoms with Crippen LogP contribution in [0.5, 0.6) is 5.75 Å². The minimum absolute atomic E-state index is 0.324. The molecular formula is C19H23N7O2. The molecule has 9 nitrogen and oxygen atoms in total. The number of nitrogens with zero attached hydrogens (tertiary/aromatic N) is 3. The number of carbonyl (C=O) groups is 1. The van der Waals surface area contributed by atoms with Crippen LogP contribution >= 0.6 is 0 Å². The van der Waals surface area contributed by atoms with Crippen LogP contribution in [0.1, 0.15) is 0 Å². The molecule has 1 aromatic carbocycles. The summed E-state index contributed by atoms with van der Waals surface area (Å²) in [5, 5.41) is 6.77. The molecule has 0 radical (unpaired) electrons. The zero-order valence-electron chi connectivity index (χ0n) is 15.4. The summed E-state index contributed by atoms with van der Waals surface area (Å²) in [4.78, 5) is 25.9. The normalized spacial score (nSPS) is 14.9. The molecule has 0 atom stereocenters. The fourth-order valence-electron chi connectivity index (χ4n) is 3.33. The second-order valence-corrected chi connectivity index (χ2v) is 6.58. The number of pyridine rings is 1. The fourth-order valence-corrected chi connectivity index (χ4v) is 3.33. The number of benzene rings is 1. The fraction of sp³-hybridized carbons (Fsp3) is 0.316. The van der Waals surface area contributed by atoms with Crippen molar-refractivity contribution in [3.05, 3.63) is 36.5 Å². The van der Waals surface area contributed by atoms with E-state index in [4.69, 9.17) is 10.5 Å². The van der Waals surface area contributed by atoms with E-state index < -0.39 is 6.09 Å². The smallest absolute Gasteiger partial charge is 0.408 e. The summed E-state index contributed by atoms with van der Waals surface area (Å²) in [6.45, 7) is 5.92. The third-order valence-electron chi connectivity index (χ3n) is 4.68. The maximum Gasteiger partial charge on any atom is 0.410 e. The molecule has 0 bridgehead atoms. The molecule has 1 amide bonds. The molecule has 1 aliphatic rings. The van der Waals surface area contributed by atoms with Crippen molar-refractivity contribution in [2.45, 2.75) is 0 Å². The zero-order chi connectivity index (χ0) is 19.3. The first kappa shape index (κ1) is 18.2. The maximum atomic E-state index is 11.1. The highest BCUT2D eigenvalue weighted by Crippen LogP contribution is 2.29. The van der Waals surface area contributed by atoms with Gasteiger partial charge in [-0.2, -0.15) is 0 Å². The maximum absolute atomic E-state index is 11.1. The highest BCUT2D eigenvalue weighted by atomic mass is 16.5. The number of carbonyl (C=O) groups excluding carboxylic acids is 1. The van der Waals surface area contributed by atoms with Gasteiger partial charge in [0.1, 0.15) is 17.2 Å². The minimum atomic E-state index is -0.867. The molecule has 3 heterocycles. The Kier molecular flexibility index (Phi) is 5.36. The Morgan fingerprint density at radius 1 is 1.25 bits per heavy atom. The monoisotopic (exact) mass is 381 g/mol. The first-order chi connectivity index (χ1) is 13.7. The van der Waals surface area contributed by atoms with Crippen molar-refractivity contribution in [3.8, 4) is 17.1 Å². The number of rotatable bonds is 6. The van der Waals surface area contributed by atoms with E-state index in [0.29, 0.717) is 17.1 Å². The number of primary amides is 1. The van der Waals surface area contributed by atoms with Gasteiger partial charge in [-0.15, -0.1) is 0 Å². The summed E-state index contributed by atoms with van der Waals surface area (Å²) in [6, 6.07) is 9.12. The van der Waals surface area contributed by atoms with Crippen molar-refractivity contribution in [2.75, 3.05) is 44.6 Å². The van der Waals surface area contributed by atoms with Crippen LogP contribution < -0.4 is 21.1 Å². The van der Waals surface area contributed by atoms with Crippen LogP contribution in [0, 0.1) is 0 Å². The van der Waals surface area contributed by atoms with Gasteiger partial charge in [0.05, 0.1) is 11.1 Å². The average Bonchev–Trinajstić information content (AvgIpc) is 3.14. The van der Waals surface area contributed by atoms with E-state index in [2.05, 4.69) is 30.5 Å². The Labute approximate surface area is 162 Å². The zero-order valence-corrected chi connectivity index (χ0v) is 15.4. The molecule has 28 heavy (non-hydrogen) atoms. The van der Waals surface area contributed by atoms with Gasteiger partial charge in [0.25, 0.3) is 0 Å². The molecule has 0 unspecified atom stereocenters. The number of aromatic nitrogens is 3. The Balaban J connectivity index is 1.55. The van der Waals surface area contributed by atoms with Gasteiger partial charge < -0.3 is 26.1 Å². The summed E-state index contributed by atoms with van der Waals surface area (Å²) in [5.41, 5.74) is 7.30. The summed E-state index contributed by atoms with van der Waals surface area (Å²) in [5.74, 6) is 1.73. The number of imidazole rings is 1. The summed E-state index contributed by atoms with van der Waals surface area (Å²) < 4.78 is 5.05. The predicted octanol–water partition coefficient (Wildman–Crippen LogP) is 1.40. The summed E-state index contributed by atoms with van der Waals surface area (Å²) >= 11 is 0. The number of H-pyrrole nitrogens is 1. The van der Waals surface area contributed by atoms with Crippen LogP contribution in [0.3, 0.4) is 0 Å². The van der Waals surface area contributed by atoms with E-state index in [0.717, 1.165) is 56.2 Å². The van der Waals surface area contributed by atoms with Crippen LogP contribution in [-0.2, 0) is 0 Å². The number of nitrogens with two attached hydrogens (primary N) is 1. The van der Waals surface area contributed by atoms with Crippen LogP contribution in [0.25, 0.3) is 22.4 Å². The minimum Gasteiger partial charge on any atom is -0.408 e. The van der Waals surface area contributed by atoms with E-state index in [1.807, 2.05) is 18.2 Å². The van der Waals surface area contributed by atoms with Crippen molar-refractivity contribution in [3.63, 3.8) is 0 Å². The Hall–Kier alpha value is -3.17. The molecule has 3 aromatic rings. The van der Waals surface area contributed by atoms with Gasteiger partial charge in [0, 0.05) is 45.5 Å². The Morgan fingerprint density at radius 3 is 2.93 bits per heavy atom. The largest absolute Gasteiger partial charge is 0.410 e. The number of ether oxygens (including phenoxy) is 1. The molecule has 0 spiro atoms. The van der Waals surface area contributed by atoms with Gasteiger partial charge in [0.2, 0.25) is 0 Å². The van der Waals surface area contributed by atoms with Gasteiger partial charge in [-0.25, -0.2) is 14.8 Å². The first-order valence-electron chi connectivity index (χ1n) is 9.29. The van der Waals surface area contributed by atoms with Gasteiger partial charge in [-0.3, -0.25) is 4.90 Å². The lowest BCUT2D eigenvalue weighted by atomic mass is 10.2. The van der Waals surface area contributed by atoms with E-state index in [1.54, 1.807) is 18.3 Å². The average molecular weight is 381 g/mol. The van der Waals surface area contributed by atoms with Crippen molar-refractivity contribution >= 4 is 22.9 Å². The van der Waals surface area contributed by atoms with Crippen molar-refractivity contribution in [2.24, 2.45) is 5.73 Å². The lowest BCUT2D eigenvalue weighted by Gasteiger charge is -2.27. The molecule has 5 N–H and O–H groups in total. The summed E-state index contributed by atoms with van der Waals surface area (Å²) in [6.07, 6.45) is 0.884. The molecule has 0 saturated carbocycles. The quantitative estimate of drug-likeness (QED) is 0.509. The molecule has 4 rings (SSSR count). The van der Waals surface area contributed by atoms with Crippen LogP contribution in [0.15, 0.2) is 36.5 Å². The van der Waals surface area contributed by atoms with Crippen molar-refractivity contribution in [1.82, 2.24) is 25.2 Å². The number of aromatic amines is 1. The van der Waals surface area contributed by atoms with E-state index in [1.165, 1.54) is 0 Å². The predicted molar refractivity (Wildman–Crippen MR) is 107 cm³/mol. The third-order valence-corrected chi connectivity index (χ3v) is 4.68. The topological polar surface area (TPSA) is 121 Å². The van der Waals surface area contributed by atoms with Gasteiger partial charge in [0.15, 0.2) is 5.75 Å². The molecular weight excluding hydrogens is 358 g/mol. The van der Waals surface area contributed by atoms with Crippen molar-refractivity contribution in [1.29, 1.82) is 0 Å². The van der Waals surface area contributed by atoms with Gasteiger partial charge in [-0.1, -0.05) is 6.07 Å². The second-order valence-electron chi connectivity index (χ2n) is 6.58. The van der Waals surface area contributed by atoms with Crippen molar-refractivity contribution < 1.29 is 9.53 Å². The van der Waals surface area contributed by atoms with Gasteiger partial charge >= 0.3 is 6.09 Å². The van der Waals surface area contributed by atoms with Crippen LogP contribution in [0.4, 0.5) is 10.6 Å². The van der Waals surface area contributed by atoms with E-state index >= 15 is 0 Å². The second kappa shape index (κ2) is 8.24. The molecule has 1 aliphatic heterocycles. The standard InChI is InChI=1S/C19H23N7O2/c20-19(27)28-15-5-1-4-14-16(15)25-18(24-14)13-3-2-6-22-17(13)23-9-12-26-10-7-21-8-11-26/h1-6,21H,7-12H2,(H2,20,27)(H,22,23)(H,24,25). The number of nitrogens with one attached hydrogen (secondary N) is 3. The molecule has 0 aliphatic carbocycles. The van der Waals surface area contributed by atoms with Crippen LogP contribution in [0.2, 0.25) is 0 Å². The number of piperazine rings is 1. The Morgan fingerprint density at radius 2 is 2.11 bits per heavy atom. The number of fused-ring (bicyclic) bond motifs is 1. The number of para-hydroxylation sites is 1. The molecule has 146 valence electrons. The SMILES string of the molecule is NC(=O)Oc1cccc2[nH]c(-c3cccnc3NCCN3CCNCC3)nc12. The van der Waals surface area contributed by atoms with Crippen LogP contribution in [-0.4, -0.2) is 65.2 Å². The lowest BCUT2D eigenvalue weighted by Crippen LogP contribution is -2.45.